The molecule has 0 aliphatic carbocycles. The van der Waals surface area contributed by atoms with Crippen LogP contribution in [0.5, 0.6) is 0 Å². The normalized spacial score (nSPS) is 17.8. The Morgan fingerprint density at radius 2 is 2.12 bits per heavy atom. The lowest BCUT2D eigenvalue weighted by molar-refractivity contribution is -0.137. The number of amides is 3. The van der Waals surface area contributed by atoms with Crippen molar-refractivity contribution in [3.8, 4) is 0 Å². The average Bonchev–Trinajstić information content (AvgIpc) is 2.59. The number of methoxy groups -OCH3 is 1. The Kier molecular flexibility index (Phi) is 6.11. The average molecular weight is 359 g/mol. The second kappa shape index (κ2) is 8.09. The van der Waals surface area contributed by atoms with Crippen LogP contribution in [0.2, 0.25) is 0 Å². The number of nitrogens with zero attached hydrogens (tertiary/aromatic N) is 1. The minimum Gasteiger partial charge on any atom is -0.453 e. The molecule has 0 spiro atoms. The van der Waals surface area contributed by atoms with Gasteiger partial charge >= 0.3 is 18.3 Å². The van der Waals surface area contributed by atoms with E-state index in [0.29, 0.717) is 25.1 Å². The standard InChI is InChI=1S/C16H20F3N3O3/c1-25-15(24)22-7-3-6-13(10-22)21-14(23)20-9-11-4-2-5-12(8-11)16(17,18)19/h2,4-5,8,13H,3,6-7,9-10H2,1H3,(H2,20,21,23). The van der Waals surface area contributed by atoms with Gasteiger partial charge in [0.05, 0.1) is 12.7 Å². The lowest BCUT2D eigenvalue weighted by Crippen LogP contribution is -2.51. The Morgan fingerprint density at radius 3 is 2.80 bits per heavy atom. The number of benzene rings is 1. The predicted molar refractivity (Wildman–Crippen MR) is 83.8 cm³/mol. The van der Waals surface area contributed by atoms with E-state index < -0.39 is 23.9 Å². The highest BCUT2D eigenvalue weighted by molar-refractivity contribution is 5.74. The highest BCUT2D eigenvalue weighted by Crippen LogP contribution is 2.29. The Labute approximate surface area is 143 Å². The number of rotatable bonds is 3. The molecule has 1 aliphatic heterocycles. The first-order valence-corrected chi connectivity index (χ1v) is 7.83. The van der Waals surface area contributed by atoms with Gasteiger partial charge in [-0.15, -0.1) is 0 Å². The van der Waals surface area contributed by atoms with Gasteiger partial charge in [-0.25, -0.2) is 9.59 Å². The van der Waals surface area contributed by atoms with Crippen molar-refractivity contribution in [2.75, 3.05) is 20.2 Å². The maximum Gasteiger partial charge on any atom is 0.416 e. The summed E-state index contributed by atoms with van der Waals surface area (Å²) >= 11 is 0. The Bertz CT molecular complexity index is 622. The largest absolute Gasteiger partial charge is 0.453 e. The molecule has 1 aromatic carbocycles. The molecule has 9 heteroatoms. The zero-order valence-corrected chi connectivity index (χ0v) is 13.7. The molecule has 0 radical (unpaired) electrons. The number of urea groups is 1. The molecule has 0 bridgehead atoms. The van der Waals surface area contributed by atoms with Crippen LogP contribution in [0, 0.1) is 0 Å². The summed E-state index contributed by atoms with van der Waals surface area (Å²) in [6.07, 6.45) is -3.42. The van der Waals surface area contributed by atoms with Gasteiger partial charge in [-0.1, -0.05) is 12.1 Å². The molecule has 3 amide bonds. The third kappa shape index (κ3) is 5.54. The molecule has 1 unspecified atom stereocenters. The SMILES string of the molecule is COC(=O)N1CCCC(NC(=O)NCc2cccc(C(F)(F)F)c2)C1. The number of hydrogen-bond acceptors (Lipinski definition) is 3. The maximum absolute atomic E-state index is 12.7. The molecule has 1 saturated heterocycles. The van der Waals surface area contributed by atoms with E-state index in [-0.39, 0.29) is 12.6 Å². The minimum absolute atomic E-state index is 0.0246. The molecule has 138 valence electrons. The third-order valence-electron chi connectivity index (χ3n) is 3.90. The van der Waals surface area contributed by atoms with Crippen LogP contribution in [0.4, 0.5) is 22.8 Å². The van der Waals surface area contributed by atoms with E-state index in [1.807, 2.05) is 0 Å². The van der Waals surface area contributed by atoms with Gasteiger partial charge in [-0.3, -0.25) is 0 Å². The molecule has 2 N–H and O–H groups in total. The van der Waals surface area contributed by atoms with Gasteiger partial charge in [0.2, 0.25) is 0 Å². The van der Waals surface area contributed by atoms with E-state index in [0.717, 1.165) is 18.6 Å². The highest BCUT2D eigenvalue weighted by Gasteiger charge is 2.30. The van der Waals surface area contributed by atoms with Crippen molar-refractivity contribution in [3.63, 3.8) is 0 Å². The first kappa shape index (κ1) is 18.9. The summed E-state index contributed by atoms with van der Waals surface area (Å²) in [6, 6.07) is 4.07. The summed E-state index contributed by atoms with van der Waals surface area (Å²) in [5.41, 5.74) is -0.405. The van der Waals surface area contributed by atoms with Gasteiger partial charge in [0.1, 0.15) is 0 Å². The molecule has 1 fully saturated rings. The summed E-state index contributed by atoms with van der Waals surface area (Å²) in [7, 11) is 1.29. The van der Waals surface area contributed by atoms with E-state index >= 15 is 0 Å². The van der Waals surface area contributed by atoms with Crippen LogP contribution >= 0.6 is 0 Å². The molecule has 1 aliphatic rings. The molecule has 2 rings (SSSR count). The van der Waals surface area contributed by atoms with Crippen molar-refractivity contribution in [3.05, 3.63) is 35.4 Å². The number of likely N-dealkylation sites (tertiary alicyclic amines) is 1. The number of hydrogen-bond donors (Lipinski definition) is 2. The quantitative estimate of drug-likeness (QED) is 0.872. The zero-order valence-electron chi connectivity index (χ0n) is 13.7. The van der Waals surface area contributed by atoms with Crippen molar-refractivity contribution in [2.24, 2.45) is 0 Å². The number of ether oxygens (including phenoxy) is 1. The molecule has 1 aromatic rings. The molecular formula is C16H20F3N3O3. The first-order chi connectivity index (χ1) is 11.8. The smallest absolute Gasteiger partial charge is 0.416 e. The van der Waals surface area contributed by atoms with E-state index in [9.17, 15) is 22.8 Å². The number of carbonyl (C=O) groups excluding carboxylic acids is 2. The van der Waals surface area contributed by atoms with Crippen LogP contribution in [0.1, 0.15) is 24.0 Å². The van der Waals surface area contributed by atoms with Crippen molar-refractivity contribution >= 4 is 12.1 Å². The van der Waals surface area contributed by atoms with Crippen molar-refractivity contribution in [1.82, 2.24) is 15.5 Å². The van der Waals surface area contributed by atoms with Gasteiger partial charge in [0.25, 0.3) is 0 Å². The summed E-state index contributed by atoms with van der Waals surface area (Å²) in [5, 5.41) is 5.25. The zero-order chi connectivity index (χ0) is 18.4. The highest BCUT2D eigenvalue weighted by atomic mass is 19.4. The maximum atomic E-state index is 12.7. The van der Waals surface area contributed by atoms with Crippen molar-refractivity contribution in [2.45, 2.75) is 31.6 Å². The molecular weight excluding hydrogens is 339 g/mol. The summed E-state index contributed by atoms with van der Waals surface area (Å²) in [4.78, 5) is 24.9. The second-order valence-electron chi connectivity index (χ2n) is 5.78. The van der Waals surface area contributed by atoms with E-state index in [2.05, 4.69) is 15.4 Å². The minimum atomic E-state index is -4.42. The van der Waals surface area contributed by atoms with Gasteiger partial charge in [0, 0.05) is 25.7 Å². The molecule has 1 atom stereocenters. The molecule has 0 aromatic heterocycles. The van der Waals surface area contributed by atoms with Crippen LogP contribution in [0.3, 0.4) is 0 Å². The third-order valence-corrected chi connectivity index (χ3v) is 3.90. The lowest BCUT2D eigenvalue weighted by atomic mass is 10.1. The number of nitrogens with one attached hydrogen (secondary N) is 2. The van der Waals surface area contributed by atoms with E-state index in [1.54, 1.807) is 0 Å². The molecule has 0 saturated carbocycles. The van der Waals surface area contributed by atoms with Crippen LogP contribution in [-0.4, -0.2) is 43.3 Å². The van der Waals surface area contributed by atoms with Crippen LogP contribution < -0.4 is 10.6 Å². The van der Waals surface area contributed by atoms with E-state index in [4.69, 9.17) is 0 Å². The van der Waals surface area contributed by atoms with Crippen molar-refractivity contribution in [1.29, 1.82) is 0 Å². The number of carbonyl (C=O) groups is 2. The van der Waals surface area contributed by atoms with E-state index in [1.165, 1.54) is 24.1 Å². The van der Waals surface area contributed by atoms with Gasteiger partial charge in [-0.05, 0) is 30.5 Å². The fourth-order valence-corrected chi connectivity index (χ4v) is 2.67. The van der Waals surface area contributed by atoms with Crippen LogP contribution in [0.25, 0.3) is 0 Å². The lowest BCUT2D eigenvalue weighted by Gasteiger charge is -2.32. The van der Waals surface area contributed by atoms with Gasteiger partial charge in [0.15, 0.2) is 0 Å². The Morgan fingerprint density at radius 1 is 1.36 bits per heavy atom. The first-order valence-electron chi connectivity index (χ1n) is 7.83. The number of alkyl halides is 3. The fourth-order valence-electron chi connectivity index (χ4n) is 2.67. The van der Waals surface area contributed by atoms with Crippen LogP contribution in [-0.2, 0) is 17.5 Å². The topological polar surface area (TPSA) is 70.7 Å². The van der Waals surface area contributed by atoms with Crippen molar-refractivity contribution < 1.29 is 27.5 Å². The molecule has 6 nitrogen and oxygen atoms in total. The Hall–Kier alpha value is -2.45. The molecule has 25 heavy (non-hydrogen) atoms. The van der Waals surface area contributed by atoms with Gasteiger partial charge < -0.3 is 20.3 Å². The Balaban J connectivity index is 1.84. The van der Waals surface area contributed by atoms with Crippen LogP contribution in [0.15, 0.2) is 24.3 Å². The monoisotopic (exact) mass is 359 g/mol. The number of halogens is 3. The summed E-state index contributed by atoms with van der Waals surface area (Å²) in [5.74, 6) is 0. The number of piperidine rings is 1. The summed E-state index contributed by atoms with van der Waals surface area (Å²) in [6.45, 7) is 0.879. The van der Waals surface area contributed by atoms with Gasteiger partial charge in [-0.2, -0.15) is 13.2 Å². The molecule has 1 heterocycles. The predicted octanol–water partition coefficient (Wildman–Crippen LogP) is 2.74. The fraction of sp³-hybridized carbons (Fsp3) is 0.500. The second-order valence-corrected chi connectivity index (χ2v) is 5.78. The summed E-state index contributed by atoms with van der Waals surface area (Å²) < 4.78 is 42.6.